The van der Waals surface area contributed by atoms with E-state index in [1.807, 2.05) is 66.7 Å². The molecule has 28 heavy (non-hydrogen) atoms. The number of amides is 1. The average molecular weight is 438 g/mol. The maximum Gasteiger partial charge on any atom is 0.328 e. The van der Waals surface area contributed by atoms with E-state index >= 15 is 0 Å². The predicted molar refractivity (Wildman–Crippen MR) is 113 cm³/mol. The van der Waals surface area contributed by atoms with Crippen LogP contribution in [0.3, 0.4) is 0 Å². The van der Waals surface area contributed by atoms with Crippen LogP contribution in [0.1, 0.15) is 15.9 Å². The summed E-state index contributed by atoms with van der Waals surface area (Å²) in [5.41, 5.74) is 3.51. The van der Waals surface area contributed by atoms with Gasteiger partial charge in [0.15, 0.2) is 0 Å². The van der Waals surface area contributed by atoms with E-state index in [0.29, 0.717) is 12.0 Å². The van der Waals surface area contributed by atoms with Crippen molar-refractivity contribution in [3.63, 3.8) is 0 Å². The van der Waals surface area contributed by atoms with E-state index in [2.05, 4.69) is 21.2 Å². The molecule has 1 N–H and O–H groups in total. The third-order valence-electron chi connectivity index (χ3n) is 4.37. The number of hydrogen-bond donors (Lipinski definition) is 1. The van der Waals surface area contributed by atoms with Gasteiger partial charge in [0.2, 0.25) is 0 Å². The lowest BCUT2D eigenvalue weighted by atomic mass is 10.0. The first kappa shape index (κ1) is 19.8. The zero-order valence-corrected chi connectivity index (χ0v) is 17.0. The van der Waals surface area contributed by atoms with Crippen LogP contribution in [0.5, 0.6) is 0 Å². The van der Waals surface area contributed by atoms with Crippen molar-refractivity contribution in [2.24, 2.45) is 0 Å². The predicted octanol–water partition coefficient (Wildman–Crippen LogP) is 4.63. The summed E-state index contributed by atoms with van der Waals surface area (Å²) in [6.45, 7) is 0. The minimum absolute atomic E-state index is 0.315. The Morgan fingerprint density at radius 2 is 1.61 bits per heavy atom. The Morgan fingerprint density at radius 1 is 0.929 bits per heavy atom. The zero-order chi connectivity index (χ0) is 19.9. The molecule has 1 amide bonds. The van der Waals surface area contributed by atoms with Gasteiger partial charge in [-0.25, -0.2) is 4.79 Å². The molecule has 0 aliphatic rings. The first-order valence-electron chi connectivity index (χ1n) is 8.85. The number of rotatable bonds is 6. The van der Waals surface area contributed by atoms with Crippen LogP contribution in [0.2, 0.25) is 0 Å². The summed E-state index contributed by atoms with van der Waals surface area (Å²) < 4.78 is 5.78. The number of hydrogen-bond acceptors (Lipinski definition) is 3. The highest BCUT2D eigenvalue weighted by atomic mass is 79.9. The summed E-state index contributed by atoms with van der Waals surface area (Å²) in [5.74, 6) is -0.792. The Labute approximate surface area is 172 Å². The fourth-order valence-corrected chi connectivity index (χ4v) is 3.37. The molecule has 0 saturated carbocycles. The third kappa shape index (κ3) is 5.08. The van der Waals surface area contributed by atoms with E-state index in [1.54, 1.807) is 12.1 Å². The van der Waals surface area contributed by atoms with Gasteiger partial charge in [-0.3, -0.25) is 4.79 Å². The van der Waals surface area contributed by atoms with Gasteiger partial charge in [0.05, 0.1) is 7.11 Å². The normalized spacial score (nSPS) is 11.5. The van der Waals surface area contributed by atoms with Gasteiger partial charge >= 0.3 is 5.97 Å². The number of carbonyl (C=O) groups is 2. The smallest absolute Gasteiger partial charge is 0.328 e. The summed E-state index contributed by atoms with van der Waals surface area (Å²) in [5, 5.41) is 2.78. The monoisotopic (exact) mass is 437 g/mol. The Hall–Kier alpha value is -2.92. The minimum Gasteiger partial charge on any atom is -0.467 e. The topological polar surface area (TPSA) is 55.4 Å². The van der Waals surface area contributed by atoms with Gasteiger partial charge in [0.1, 0.15) is 6.04 Å². The second-order valence-electron chi connectivity index (χ2n) is 6.33. The average Bonchev–Trinajstić information content (AvgIpc) is 2.73. The van der Waals surface area contributed by atoms with E-state index in [0.717, 1.165) is 21.2 Å². The molecule has 1 atom stereocenters. The second-order valence-corrected chi connectivity index (χ2v) is 7.24. The van der Waals surface area contributed by atoms with E-state index in [1.165, 1.54) is 7.11 Å². The molecule has 4 nitrogen and oxygen atoms in total. The molecule has 0 heterocycles. The van der Waals surface area contributed by atoms with Gasteiger partial charge in [0.25, 0.3) is 5.91 Å². The van der Waals surface area contributed by atoms with Crippen molar-refractivity contribution in [3.05, 3.63) is 94.5 Å². The summed E-state index contributed by atoms with van der Waals surface area (Å²) in [4.78, 5) is 24.8. The SMILES string of the molecule is COC(=O)[C@@H](Cc1cccc(Br)c1)NC(=O)c1ccc(-c2ccccc2)cc1. The molecule has 3 aromatic rings. The Morgan fingerprint density at radius 3 is 2.25 bits per heavy atom. The summed E-state index contributed by atoms with van der Waals surface area (Å²) in [6.07, 6.45) is 0.347. The molecule has 0 aliphatic carbocycles. The number of halogens is 1. The molecule has 0 spiro atoms. The van der Waals surface area contributed by atoms with Crippen LogP contribution in [-0.2, 0) is 16.0 Å². The number of esters is 1. The highest BCUT2D eigenvalue weighted by Crippen LogP contribution is 2.19. The summed E-state index contributed by atoms with van der Waals surface area (Å²) in [6, 6.07) is 24.1. The van der Waals surface area contributed by atoms with Crippen LogP contribution in [0.4, 0.5) is 0 Å². The van der Waals surface area contributed by atoms with Crippen molar-refractivity contribution in [3.8, 4) is 11.1 Å². The van der Waals surface area contributed by atoms with Crippen molar-refractivity contribution in [1.82, 2.24) is 5.32 Å². The van der Waals surface area contributed by atoms with Crippen LogP contribution in [0.25, 0.3) is 11.1 Å². The molecule has 0 fully saturated rings. The number of nitrogens with one attached hydrogen (secondary N) is 1. The lowest BCUT2D eigenvalue weighted by Gasteiger charge is -2.17. The second kappa shape index (κ2) is 9.33. The van der Waals surface area contributed by atoms with Gasteiger partial charge in [-0.2, -0.15) is 0 Å². The lowest BCUT2D eigenvalue weighted by molar-refractivity contribution is -0.142. The van der Waals surface area contributed by atoms with Crippen molar-refractivity contribution in [1.29, 1.82) is 0 Å². The van der Waals surface area contributed by atoms with Crippen molar-refractivity contribution >= 4 is 27.8 Å². The quantitative estimate of drug-likeness (QED) is 0.571. The maximum absolute atomic E-state index is 12.7. The van der Waals surface area contributed by atoms with Gasteiger partial charge < -0.3 is 10.1 Å². The van der Waals surface area contributed by atoms with Crippen LogP contribution >= 0.6 is 15.9 Å². The maximum atomic E-state index is 12.7. The van der Waals surface area contributed by atoms with Gasteiger partial charge in [0, 0.05) is 16.5 Å². The minimum atomic E-state index is -0.763. The first-order chi connectivity index (χ1) is 13.6. The molecule has 0 radical (unpaired) electrons. The van der Waals surface area contributed by atoms with Crippen LogP contribution in [0.15, 0.2) is 83.3 Å². The standard InChI is InChI=1S/C23H20BrNO3/c1-28-23(27)21(15-16-6-5-9-20(24)14-16)25-22(26)19-12-10-18(11-13-19)17-7-3-2-4-8-17/h2-14,21H,15H2,1H3,(H,25,26)/t21-/m1/s1. The zero-order valence-electron chi connectivity index (χ0n) is 15.4. The lowest BCUT2D eigenvalue weighted by Crippen LogP contribution is -2.43. The van der Waals surface area contributed by atoms with Crippen LogP contribution in [0, 0.1) is 0 Å². The molecule has 142 valence electrons. The number of benzene rings is 3. The molecule has 3 aromatic carbocycles. The van der Waals surface area contributed by atoms with E-state index < -0.39 is 12.0 Å². The number of carbonyl (C=O) groups excluding carboxylic acids is 2. The Balaban J connectivity index is 1.73. The van der Waals surface area contributed by atoms with E-state index in [-0.39, 0.29) is 5.91 Å². The molecule has 0 bridgehead atoms. The molecular formula is C23H20BrNO3. The van der Waals surface area contributed by atoms with Crippen molar-refractivity contribution in [2.75, 3.05) is 7.11 Å². The molecule has 3 rings (SSSR count). The van der Waals surface area contributed by atoms with Crippen LogP contribution in [-0.4, -0.2) is 25.0 Å². The number of methoxy groups -OCH3 is 1. The number of ether oxygens (including phenoxy) is 1. The fraction of sp³-hybridized carbons (Fsp3) is 0.130. The fourth-order valence-electron chi connectivity index (χ4n) is 2.92. The highest BCUT2D eigenvalue weighted by Gasteiger charge is 2.22. The molecular weight excluding hydrogens is 418 g/mol. The van der Waals surface area contributed by atoms with Gasteiger partial charge in [-0.05, 0) is 41.0 Å². The molecule has 0 aromatic heterocycles. The Kier molecular flexibility index (Phi) is 6.61. The van der Waals surface area contributed by atoms with Gasteiger partial charge in [-0.15, -0.1) is 0 Å². The van der Waals surface area contributed by atoms with Crippen molar-refractivity contribution < 1.29 is 14.3 Å². The van der Waals surface area contributed by atoms with E-state index in [9.17, 15) is 9.59 Å². The largest absolute Gasteiger partial charge is 0.467 e. The molecule has 5 heteroatoms. The Bertz CT molecular complexity index is 955. The van der Waals surface area contributed by atoms with Crippen molar-refractivity contribution in [2.45, 2.75) is 12.5 Å². The summed E-state index contributed by atoms with van der Waals surface area (Å²) >= 11 is 3.42. The molecule has 0 saturated heterocycles. The molecule has 0 unspecified atom stereocenters. The highest BCUT2D eigenvalue weighted by molar-refractivity contribution is 9.10. The van der Waals surface area contributed by atoms with Gasteiger partial charge in [-0.1, -0.05) is 70.5 Å². The van der Waals surface area contributed by atoms with E-state index in [4.69, 9.17) is 4.74 Å². The molecule has 0 aliphatic heterocycles. The summed E-state index contributed by atoms with van der Waals surface area (Å²) in [7, 11) is 1.32. The third-order valence-corrected chi connectivity index (χ3v) is 4.87. The van der Waals surface area contributed by atoms with Crippen LogP contribution < -0.4 is 5.32 Å². The first-order valence-corrected chi connectivity index (χ1v) is 9.65.